The standard InChI is InChI=1S/C9H16N2O3S/c1-11-7(8(12)3-4-10)5-15-6-9(13)14-2/h3-4,7,11H,5-6,10H2,1-2H3. The van der Waals surface area contributed by atoms with Crippen LogP contribution in [-0.2, 0) is 14.3 Å². The summed E-state index contributed by atoms with van der Waals surface area (Å²) < 4.78 is 4.47. The van der Waals surface area contributed by atoms with Crippen LogP contribution in [-0.4, -0.2) is 43.5 Å². The van der Waals surface area contributed by atoms with E-state index in [9.17, 15) is 9.59 Å². The van der Waals surface area contributed by atoms with Crippen LogP contribution in [0.25, 0.3) is 0 Å². The Morgan fingerprint density at radius 2 is 2.27 bits per heavy atom. The first-order valence-corrected chi connectivity index (χ1v) is 5.55. The average Bonchev–Trinajstić information content (AvgIpc) is 2.24. The highest BCUT2D eigenvalue weighted by Gasteiger charge is 2.14. The van der Waals surface area contributed by atoms with Crippen molar-refractivity contribution in [3.63, 3.8) is 0 Å². The number of likely N-dealkylation sites (N-methyl/N-ethyl adjacent to an activating group) is 1. The Labute approximate surface area is 93.4 Å². The number of nitrogens with two attached hydrogens (primary N) is 1. The van der Waals surface area contributed by atoms with Crippen LogP contribution in [0, 0.1) is 0 Å². The summed E-state index contributed by atoms with van der Waals surface area (Å²) in [7, 11) is 3.02. The minimum Gasteiger partial charge on any atom is -0.468 e. The summed E-state index contributed by atoms with van der Waals surface area (Å²) in [6.45, 7) is 0. The van der Waals surface area contributed by atoms with E-state index in [4.69, 9.17) is 5.73 Å². The Balaban J connectivity index is 3.90. The molecule has 0 aliphatic heterocycles. The lowest BCUT2D eigenvalue weighted by Crippen LogP contribution is -2.35. The number of rotatable bonds is 7. The second kappa shape index (κ2) is 8.31. The fourth-order valence-corrected chi connectivity index (χ4v) is 1.81. The SMILES string of the molecule is CNC(CSCC(=O)OC)C(=O)C=CN. The third-order valence-electron chi connectivity index (χ3n) is 1.68. The van der Waals surface area contributed by atoms with Gasteiger partial charge in [0, 0.05) is 5.75 Å². The van der Waals surface area contributed by atoms with Gasteiger partial charge in [-0.2, -0.15) is 0 Å². The molecule has 0 bridgehead atoms. The lowest BCUT2D eigenvalue weighted by atomic mass is 10.2. The van der Waals surface area contributed by atoms with Gasteiger partial charge in [0.1, 0.15) is 0 Å². The highest BCUT2D eigenvalue weighted by Crippen LogP contribution is 2.04. The van der Waals surface area contributed by atoms with Crippen LogP contribution < -0.4 is 11.1 Å². The molecule has 1 atom stereocenters. The second-order valence-electron chi connectivity index (χ2n) is 2.69. The maximum atomic E-state index is 11.4. The van der Waals surface area contributed by atoms with Crippen LogP contribution in [0.1, 0.15) is 0 Å². The molecule has 0 spiro atoms. The van der Waals surface area contributed by atoms with E-state index in [1.54, 1.807) is 7.05 Å². The highest BCUT2D eigenvalue weighted by molar-refractivity contribution is 8.00. The molecule has 0 aliphatic carbocycles. The molecule has 0 heterocycles. The molecule has 0 rings (SSSR count). The molecule has 0 aromatic rings. The van der Waals surface area contributed by atoms with E-state index in [2.05, 4.69) is 10.1 Å². The fourth-order valence-electron chi connectivity index (χ4n) is 0.838. The Morgan fingerprint density at radius 3 is 2.73 bits per heavy atom. The predicted molar refractivity (Wildman–Crippen MR) is 60.5 cm³/mol. The van der Waals surface area contributed by atoms with Crippen LogP contribution in [0.5, 0.6) is 0 Å². The Hall–Kier alpha value is -1.01. The maximum absolute atomic E-state index is 11.4. The van der Waals surface area contributed by atoms with Gasteiger partial charge < -0.3 is 15.8 Å². The summed E-state index contributed by atoms with van der Waals surface area (Å²) in [5, 5.41) is 2.85. The number of carbonyl (C=O) groups is 2. The molecule has 15 heavy (non-hydrogen) atoms. The van der Waals surface area contributed by atoms with Crippen molar-refractivity contribution in [2.45, 2.75) is 6.04 Å². The van der Waals surface area contributed by atoms with Gasteiger partial charge in [0.25, 0.3) is 0 Å². The number of nitrogens with one attached hydrogen (secondary N) is 1. The summed E-state index contributed by atoms with van der Waals surface area (Å²) in [5.74, 6) is 0.359. The molecule has 0 radical (unpaired) electrons. The van der Waals surface area contributed by atoms with Gasteiger partial charge in [0.15, 0.2) is 5.78 Å². The van der Waals surface area contributed by atoms with Crippen molar-refractivity contribution in [2.24, 2.45) is 5.73 Å². The molecule has 1 unspecified atom stereocenters. The highest BCUT2D eigenvalue weighted by atomic mass is 32.2. The molecule has 0 saturated carbocycles. The molecule has 0 aromatic heterocycles. The molecule has 86 valence electrons. The number of methoxy groups -OCH3 is 1. The minimum atomic E-state index is -0.320. The van der Waals surface area contributed by atoms with E-state index >= 15 is 0 Å². The minimum absolute atomic E-state index is 0.0997. The summed E-state index contributed by atoms with van der Waals surface area (Å²) in [6.07, 6.45) is 2.51. The first-order chi connectivity index (χ1) is 7.15. The van der Waals surface area contributed by atoms with Gasteiger partial charge in [0.2, 0.25) is 0 Å². The third-order valence-corrected chi connectivity index (χ3v) is 2.69. The van der Waals surface area contributed by atoms with Crippen LogP contribution >= 0.6 is 11.8 Å². The molecule has 0 fully saturated rings. The quantitative estimate of drug-likeness (QED) is 0.456. The summed E-state index contributed by atoms with van der Waals surface area (Å²) >= 11 is 1.34. The van der Waals surface area contributed by atoms with E-state index in [0.29, 0.717) is 5.75 Å². The Bertz CT molecular complexity index is 244. The van der Waals surface area contributed by atoms with Crippen LogP contribution in [0.3, 0.4) is 0 Å². The average molecular weight is 232 g/mol. The molecule has 0 saturated heterocycles. The first-order valence-electron chi connectivity index (χ1n) is 4.39. The molecule has 0 amide bonds. The fraction of sp³-hybridized carbons (Fsp3) is 0.556. The van der Waals surface area contributed by atoms with Gasteiger partial charge in [-0.15, -0.1) is 11.8 Å². The molecular formula is C9H16N2O3S. The van der Waals surface area contributed by atoms with Crippen molar-refractivity contribution in [3.05, 3.63) is 12.3 Å². The zero-order valence-electron chi connectivity index (χ0n) is 8.86. The van der Waals surface area contributed by atoms with E-state index in [1.165, 1.54) is 31.1 Å². The van der Waals surface area contributed by atoms with Gasteiger partial charge in [-0.3, -0.25) is 9.59 Å². The monoisotopic (exact) mass is 232 g/mol. The number of hydrogen-bond acceptors (Lipinski definition) is 6. The van der Waals surface area contributed by atoms with Gasteiger partial charge in [-0.1, -0.05) is 0 Å². The van der Waals surface area contributed by atoms with Crippen molar-refractivity contribution in [1.29, 1.82) is 0 Å². The number of carbonyl (C=O) groups excluding carboxylic acids is 2. The zero-order valence-corrected chi connectivity index (χ0v) is 9.67. The number of ether oxygens (including phenoxy) is 1. The number of hydrogen-bond donors (Lipinski definition) is 2. The molecule has 0 aromatic carbocycles. The second-order valence-corrected chi connectivity index (χ2v) is 3.72. The maximum Gasteiger partial charge on any atom is 0.315 e. The van der Waals surface area contributed by atoms with Crippen molar-refractivity contribution >= 4 is 23.5 Å². The molecule has 5 nitrogen and oxygen atoms in total. The van der Waals surface area contributed by atoms with E-state index in [0.717, 1.165) is 0 Å². The van der Waals surface area contributed by atoms with Gasteiger partial charge in [-0.25, -0.2) is 0 Å². The van der Waals surface area contributed by atoms with Crippen LogP contribution in [0.4, 0.5) is 0 Å². The number of ketones is 1. The molecule has 3 N–H and O–H groups in total. The van der Waals surface area contributed by atoms with Gasteiger partial charge in [0.05, 0.1) is 18.9 Å². The van der Waals surface area contributed by atoms with Gasteiger partial charge in [-0.05, 0) is 19.3 Å². The molecule has 6 heteroatoms. The summed E-state index contributed by atoms with van der Waals surface area (Å²) in [5.41, 5.74) is 5.11. The molecular weight excluding hydrogens is 216 g/mol. The predicted octanol–water partition coefficient (Wildman–Crippen LogP) is -0.478. The lowest BCUT2D eigenvalue weighted by molar-refractivity contribution is -0.137. The Morgan fingerprint density at radius 1 is 1.60 bits per heavy atom. The van der Waals surface area contributed by atoms with Crippen LogP contribution in [0.2, 0.25) is 0 Å². The van der Waals surface area contributed by atoms with Crippen molar-refractivity contribution in [2.75, 3.05) is 25.7 Å². The Kier molecular flexibility index (Phi) is 7.75. The van der Waals surface area contributed by atoms with E-state index < -0.39 is 0 Å². The summed E-state index contributed by atoms with van der Waals surface area (Å²) in [6, 6.07) is -0.320. The third kappa shape index (κ3) is 6.14. The topological polar surface area (TPSA) is 81.4 Å². The summed E-state index contributed by atoms with van der Waals surface area (Å²) in [4.78, 5) is 22.2. The smallest absolute Gasteiger partial charge is 0.315 e. The lowest BCUT2D eigenvalue weighted by Gasteiger charge is -2.11. The largest absolute Gasteiger partial charge is 0.468 e. The number of thioether (sulfide) groups is 1. The van der Waals surface area contributed by atoms with Gasteiger partial charge >= 0.3 is 5.97 Å². The van der Waals surface area contributed by atoms with Crippen molar-refractivity contribution in [3.8, 4) is 0 Å². The zero-order chi connectivity index (χ0) is 11.7. The first kappa shape index (κ1) is 14.0. The van der Waals surface area contributed by atoms with Crippen LogP contribution in [0.15, 0.2) is 12.3 Å². The molecule has 0 aliphatic rings. The van der Waals surface area contributed by atoms with Crippen molar-refractivity contribution < 1.29 is 14.3 Å². The van der Waals surface area contributed by atoms with Crippen molar-refractivity contribution in [1.82, 2.24) is 5.32 Å². The normalized spacial score (nSPS) is 12.7. The van der Waals surface area contributed by atoms with E-state index in [-0.39, 0.29) is 23.5 Å². The van der Waals surface area contributed by atoms with E-state index in [1.807, 2.05) is 0 Å². The number of esters is 1.